The smallest absolute Gasteiger partial charge is 0.266 e. The van der Waals surface area contributed by atoms with Crippen molar-refractivity contribution in [3.8, 4) is 0 Å². The lowest BCUT2D eigenvalue weighted by Gasteiger charge is -2.08. The zero-order valence-electron chi connectivity index (χ0n) is 13.5. The molecule has 1 saturated heterocycles. The van der Waals surface area contributed by atoms with E-state index in [9.17, 15) is 4.79 Å². The molecule has 1 aliphatic rings. The normalized spacial score (nSPS) is 18.0. The first-order valence-corrected chi connectivity index (χ1v) is 8.88. The fraction of sp³-hybridized carbons (Fsp3) is 0.158. The van der Waals surface area contributed by atoms with Crippen LogP contribution in [0.15, 0.2) is 58.4 Å². The minimum absolute atomic E-state index is 0.0624. The third-order valence-corrected chi connectivity index (χ3v) is 5.19. The molecule has 0 atom stereocenters. The van der Waals surface area contributed by atoms with Gasteiger partial charge in [0.25, 0.3) is 5.91 Å². The molecule has 1 fully saturated rings. The number of hydrogen-bond donors (Lipinski definition) is 0. The summed E-state index contributed by atoms with van der Waals surface area (Å²) >= 11 is 7.56. The van der Waals surface area contributed by atoms with Gasteiger partial charge in [0, 0.05) is 12.1 Å². The number of nitrogens with zero attached hydrogens (tertiary/aromatic N) is 2. The van der Waals surface area contributed by atoms with Gasteiger partial charge in [-0.05, 0) is 47.5 Å². The van der Waals surface area contributed by atoms with E-state index in [1.807, 2.05) is 48.5 Å². The van der Waals surface area contributed by atoms with Gasteiger partial charge in [0.05, 0.1) is 10.6 Å². The van der Waals surface area contributed by atoms with Crippen LogP contribution in [0, 0.1) is 0 Å². The molecule has 1 aliphatic heterocycles. The number of likely N-dealkylation sites (N-methyl/N-ethyl adjacent to an activating group) is 1. The van der Waals surface area contributed by atoms with Crippen molar-refractivity contribution in [1.82, 2.24) is 4.90 Å². The average molecular weight is 357 g/mol. The molecule has 2 aromatic carbocycles. The van der Waals surface area contributed by atoms with Gasteiger partial charge in [0.2, 0.25) is 0 Å². The lowest BCUT2D eigenvalue weighted by atomic mass is 10.1. The molecule has 3 nitrogen and oxygen atoms in total. The predicted octanol–water partition coefficient (Wildman–Crippen LogP) is 5.14. The molecule has 5 heteroatoms. The summed E-state index contributed by atoms with van der Waals surface area (Å²) in [6.45, 7) is 2.10. The lowest BCUT2D eigenvalue weighted by Crippen LogP contribution is -2.23. The van der Waals surface area contributed by atoms with Crippen LogP contribution in [0.3, 0.4) is 0 Å². The number of halogens is 1. The molecule has 0 saturated carbocycles. The molecule has 0 N–H and O–H groups in total. The molecular formula is C19H17ClN2OS. The Morgan fingerprint density at radius 3 is 2.62 bits per heavy atom. The number of aryl methyl sites for hydroxylation is 1. The van der Waals surface area contributed by atoms with E-state index in [1.165, 1.54) is 11.8 Å². The maximum Gasteiger partial charge on any atom is 0.266 e. The van der Waals surface area contributed by atoms with Gasteiger partial charge in [-0.3, -0.25) is 9.69 Å². The molecule has 0 aromatic heterocycles. The van der Waals surface area contributed by atoms with E-state index in [4.69, 9.17) is 11.6 Å². The highest BCUT2D eigenvalue weighted by Gasteiger charge is 2.30. The van der Waals surface area contributed by atoms with Gasteiger partial charge in [-0.25, -0.2) is 4.99 Å². The van der Waals surface area contributed by atoms with E-state index in [1.54, 1.807) is 11.9 Å². The minimum Gasteiger partial charge on any atom is -0.290 e. The molecule has 122 valence electrons. The number of amidine groups is 1. The quantitative estimate of drug-likeness (QED) is 0.713. The van der Waals surface area contributed by atoms with Crippen LogP contribution < -0.4 is 0 Å². The van der Waals surface area contributed by atoms with Crippen molar-refractivity contribution < 1.29 is 4.79 Å². The van der Waals surface area contributed by atoms with Gasteiger partial charge in [0.1, 0.15) is 0 Å². The van der Waals surface area contributed by atoms with Crippen molar-refractivity contribution in [2.75, 3.05) is 7.05 Å². The van der Waals surface area contributed by atoms with Crippen molar-refractivity contribution >= 4 is 46.2 Å². The van der Waals surface area contributed by atoms with Crippen LogP contribution in [0.4, 0.5) is 5.69 Å². The summed E-state index contributed by atoms with van der Waals surface area (Å²) in [5.74, 6) is -0.0624. The predicted molar refractivity (Wildman–Crippen MR) is 103 cm³/mol. The number of aliphatic imine (C=N–C) groups is 1. The summed E-state index contributed by atoms with van der Waals surface area (Å²) in [4.78, 5) is 19.4. The first-order chi connectivity index (χ1) is 11.6. The first kappa shape index (κ1) is 16.8. The van der Waals surface area contributed by atoms with Gasteiger partial charge in [0.15, 0.2) is 5.17 Å². The van der Waals surface area contributed by atoms with Crippen LogP contribution in [-0.4, -0.2) is 23.0 Å². The standard InChI is InChI=1S/C19H17ClN2OS/c1-3-13-8-5-7-11-16(13)21-19-22(2)18(23)17(24-19)12-14-9-4-6-10-15(14)20/h4-12H,3H2,1-2H3/b17-12-,21-19?. The molecule has 0 aliphatic carbocycles. The van der Waals surface area contributed by atoms with Crippen LogP contribution >= 0.6 is 23.4 Å². The van der Waals surface area contributed by atoms with Gasteiger partial charge in [-0.1, -0.05) is 54.9 Å². The first-order valence-electron chi connectivity index (χ1n) is 7.69. The number of benzene rings is 2. The van der Waals surface area contributed by atoms with Crippen LogP contribution in [-0.2, 0) is 11.2 Å². The van der Waals surface area contributed by atoms with Crippen molar-refractivity contribution in [3.63, 3.8) is 0 Å². The molecule has 0 unspecified atom stereocenters. The van der Waals surface area contributed by atoms with E-state index in [2.05, 4.69) is 18.0 Å². The second-order valence-electron chi connectivity index (χ2n) is 5.37. The fourth-order valence-corrected chi connectivity index (χ4v) is 3.57. The molecule has 2 aromatic rings. The van der Waals surface area contributed by atoms with Crippen LogP contribution in [0.25, 0.3) is 6.08 Å². The number of carbonyl (C=O) groups excluding carboxylic acids is 1. The number of hydrogen-bond acceptors (Lipinski definition) is 3. The molecular weight excluding hydrogens is 340 g/mol. The largest absolute Gasteiger partial charge is 0.290 e. The van der Waals surface area contributed by atoms with Crippen molar-refractivity contribution in [1.29, 1.82) is 0 Å². The summed E-state index contributed by atoms with van der Waals surface area (Å²) in [6, 6.07) is 15.5. The maximum atomic E-state index is 12.5. The van der Waals surface area contributed by atoms with E-state index in [0.29, 0.717) is 15.1 Å². The maximum absolute atomic E-state index is 12.5. The van der Waals surface area contributed by atoms with E-state index < -0.39 is 0 Å². The highest BCUT2D eigenvalue weighted by atomic mass is 35.5. The molecule has 1 heterocycles. The Morgan fingerprint density at radius 2 is 1.88 bits per heavy atom. The van der Waals surface area contributed by atoms with Gasteiger partial charge < -0.3 is 0 Å². The molecule has 24 heavy (non-hydrogen) atoms. The summed E-state index contributed by atoms with van der Waals surface area (Å²) in [6.07, 6.45) is 2.72. The van der Waals surface area contributed by atoms with Crippen LogP contribution in [0.2, 0.25) is 5.02 Å². The van der Waals surface area contributed by atoms with Crippen LogP contribution in [0.5, 0.6) is 0 Å². The molecule has 0 radical (unpaired) electrons. The monoisotopic (exact) mass is 356 g/mol. The number of thioether (sulfide) groups is 1. The minimum atomic E-state index is -0.0624. The zero-order chi connectivity index (χ0) is 17.1. The van der Waals surface area contributed by atoms with Crippen molar-refractivity contribution in [2.24, 2.45) is 4.99 Å². The Labute approximate surface area is 151 Å². The molecule has 0 spiro atoms. The lowest BCUT2D eigenvalue weighted by molar-refractivity contribution is -0.121. The summed E-state index contributed by atoms with van der Waals surface area (Å²) in [5, 5.41) is 1.31. The van der Waals surface area contributed by atoms with Gasteiger partial charge in [-0.15, -0.1) is 0 Å². The topological polar surface area (TPSA) is 32.7 Å². The summed E-state index contributed by atoms with van der Waals surface area (Å²) < 4.78 is 0. The second-order valence-corrected chi connectivity index (χ2v) is 6.79. The Hall–Kier alpha value is -2.04. The Morgan fingerprint density at radius 1 is 1.17 bits per heavy atom. The Bertz CT molecular complexity index is 845. The van der Waals surface area contributed by atoms with Crippen molar-refractivity contribution in [3.05, 3.63) is 69.6 Å². The Kier molecular flexibility index (Phi) is 5.07. The third-order valence-electron chi connectivity index (χ3n) is 3.78. The van der Waals surface area contributed by atoms with Crippen LogP contribution in [0.1, 0.15) is 18.1 Å². The SMILES string of the molecule is CCc1ccccc1N=C1S/C(=C\c2ccccc2Cl)C(=O)N1C. The average Bonchev–Trinajstić information content (AvgIpc) is 2.85. The Balaban J connectivity index is 1.95. The third kappa shape index (κ3) is 3.40. The van der Waals surface area contributed by atoms with Gasteiger partial charge >= 0.3 is 0 Å². The van der Waals surface area contributed by atoms with E-state index in [0.717, 1.165) is 23.2 Å². The molecule has 1 amide bonds. The highest BCUT2D eigenvalue weighted by Crippen LogP contribution is 2.34. The number of amides is 1. The van der Waals surface area contributed by atoms with E-state index in [-0.39, 0.29) is 5.91 Å². The fourth-order valence-electron chi connectivity index (χ4n) is 2.41. The number of para-hydroxylation sites is 1. The van der Waals surface area contributed by atoms with Crippen molar-refractivity contribution in [2.45, 2.75) is 13.3 Å². The summed E-state index contributed by atoms with van der Waals surface area (Å²) in [5.41, 5.74) is 2.90. The van der Waals surface area contributed by atoms with E-state index >= 15 is 0 Å². The molecule has 0 bridgehead atoms. The second kappa shape index (κ2) is 7.24. The summed E-state index contributed by atoms with van der Waals surface area (Å²) in [7, 11) is 1.75. The zero-order valence-corrected chi connectivity index (χ0v) is 15.1. The van der Waals surface area contributed by atoms with Gasteiger partial charge in [-0.2, -0.15) is 0 Å². The number of rotatable bonds is 3. The number of carbonyl (C=O) groups is 1. The molecule has 3 rings (SSSR count). The highest BCUT2D eigenvalue weighted by molar-refractivity contribution is 8.18.